The molecule has 2 aliphatic heterocycles. The fourth-order valence-corrected chi connectivity index (χ4v) is 4.98. The molecule has 1 aromatic heterocycles. The van der Waals surface area contributed by atoms with Crippen LogP contribution in [-0.2, 0) is 20.0 Å². The standard InChI is InChI=1S/C19H32N4O5S/c1-19(2,3)15-13-16(21-28-15)20-17(24)14-7-5-4-6-8-23(14)18(25)22-9-11-29(26,27)12-10-22/h13-14,18,25H,4-12H2,1-3H3,(H,20,21,24). The maximum Gasteiger partial charge on any atom is 0.243 e. The summed E-state index contributed by atoms with van der Waals surface area (Å²) in [6, 6.07) is 1.21. The molecule has 1 amide bonds. The second-order valence-electron chi connectivity index (χ2n) is 8.95. The van der Waals surface area contributed by atoms with Gasteiger partial charge in [0.15, 0.2) is 22.0 Å². The first kappa shape index (κ1) is 22.2. The van der Waals surface area contributed by atoms with E-state index in [1.807, 2.05) is 20.8 Å². The fraction of sp³-hybridized carbons (Fsp3) is 0.789. The Balaban J connectivity index is 1.70. The largest absolute Gasteiger partial charge is 0.365 e. The molecule has 2 fully saturated rings. The van der Waals surface area contributed by atoms with E-state index in [4.69, 9.17) is 4.52 Å². The van der Waals surface area contributed by atoms with Gasteiger partial charge in [0.2, 0.25) is 5.91 Å². The van der Waals surface area contributed by atoms with Gasteiger partial charge in [-0.3, -0.25) is 14.6 Å². The van der Waals surface area contributed by atoms with E-state index in [2.05, 4.69) is 10.5 Å². The van der Waals surface area contributed by atoms with Crippen molar-refractivity contribution in [1.82, 2.24) is 15.0 Å². The average molecular weight is 429 g/mol. The monoisotopic (exact) mass is 428 g/mol. The lowest BCUT2D eigenvalue weighted by molar-refractivity contribution is -0.145. The molecule has 3 heterocycles. The maximum atomic E-state index is 13.0. The van der Waals surface area contributed by atoms with Gasteiger partial charge in [-0.05, 0) is 12.8 Å². The van der Waals surface area contributed by atoms with Gasteiger partial charge in [0.25, 0.3) is 0 Å². The Labute approximate surface area is 172 Å². The Morgan fingerprint density at radius 3 is 2.55 bits per heavy atom. The third-order valence-electron chi connectivity index (χ3n) is 5.60. The normalized spacial score (nSPS) is 25.3. The van der Waals surface area contributed by atoms with Crippen LogP contribution in [0.2, 0.25) is 0 Å². The number of aliphatic hydroxyl groups is 1. The molecule has 2 atom stereocenters. The zero-order valence-electron chi connectivity index (χ0n) is 17.4. The lowest BCUT2D eigenvalue weighted by Crippen LogP contribution is -2.58. The molecule has 2 saturated heterocycles. The van der Waals surface area contributed by atoms with Crippen molar-refractivity contribution < 1.29 is 22.8 Å². The van der Waals surface area contributed by atoms with E-state index in [1.165, 1.54) is 0 Å². The highest BCUT2D eigenvalue weighted by molar-refractivity contribution is 7.91. The highest BCUT2D eigenvalue weighted by Gasteiger charge is 2.36. The summed E-state index contributed by atoms with van der Waals surface area (Å²) in [4.78, 5) is 16.5. The van der Waals surface area contributed by atoms with E-state index in [0.717, 1.165) is 19.3 Å². The molecule has 0 bridgehead atoms. The van der Waals surface area contributed by atoms with Crippen molar-refractivity contribution in [3.8, 4) is 0 Å². The number of nitrogens with zero attached hydrogens (tertiary/aromatic N) is 3. The summed E-state index contributed by atoms with van der Waals surface area (Å²) < 4.78 is 28.7. The first-order valence-electron chi connectivity index (χ1n) is 10.2. The molecule has 29 heavy (non-hydrogen) atoms. The molecule has 0 aromatic carbocycles. The first-order chi connectivity index (χ1) is 13.6. The Kier molecular flexibility index (Phi) is 6.67. The molecular formula is C19H32N4O5S. The average Bonchev–Trinajstić information content (AvgIpc) is 2.97. The number of hydrogen-bond donors (Lipinski definition) is 2. The number of rotatable bonds is 4. The summed E-state index contributed by atoms with van der Waals surface area (Å²) in [7, 11) is -3.04. The lowest BCUT2D eigenvalue weighted by atomic mass is 9.93. The molecule has 0 saturated carbocycles. The molecule has 0 spiro atoms. The minimum Gasteiger partial charge on any atom is -0.365 e. The topological polar surface area (TPSA) is 116 Å². The molecule has 0 radical (unpaired) electrons. The summed E-state index contributed by atoms with van der Waals surface area (Å²) in [6.45, 7) is 7.12. The van der Waals surface area contributed by atoms with Gasteiger partial charge in [0, 0.05) is 31.1 Å². The van der Waals surface area contributed by atoms with Crippen LogP contribution >= 0.6 is 0 Å². The molecule has 2 aliphatic rings. The van der Waals surface area contributed by atoms with Crippen molar-refractivity contribution in [2.45, 2.75) is 64.3 Å². The van der Waals surface area contributed by atoms with E-state index >= 15 is 0 Å². The molecule has 10 heteroatoms. The number of hydrogen-bond acceptors (Lipinski definition) is 8. The van der Waals surface area contributed by atoms with Crippen molar-refractivity contribution in [2.24, 2.45) is 0 Å². The lowest BCUT2D eigenvalue weighted by Gasteiger charge is -2.40. The minimum atomic E-state index is -3.04. The number of aliphatic hydroxyl groups excluding tert-OH is 1. The molecule has 3 rings (SSSR count). The smallest absolute Gasteiger partial charge is 0.243 e. The third kappa shape index (κ3) is 5.56. The van der Waals surface area contributed by atoms with E-state index in [1.54, 1.807) is 15.9 Å². The maximum absolute atomic E-state index is 13.0. The van der Waals surface area contributed by atoms with Gasteiger partial charge in [-0.25, -0.2) is 8.42 Å². The summed E-state index contributed by atoms with van der Waals surface area (Å²) in [5, 5.41) is 17.7. The molecule has 164 valence electrons. The second kappa shape index (κ2) is 8.71. The molecular weight excluding hydrogens is 396 g/mol. The van der Waals surface area contributed by atoms with Crippen LogP contribution in [0.25, 0.3) is 0 Å². The van der Waals surface area contributed by atoms with E-state index < -0.39 is 22.2 Å². The SMILES string of the molecule is CC(C)(C)c1cc(NC(=O)C2CCCCCN2C(O)N2CCS(=O)(=O)CC2)no1. The quantitative estimate of drug-likeness (QED) is 0.734. The Bertz CT molecular complexity index is 803. The number of likely N-dealkylation sites (tertiary alicyclic amines) is 1. The predicted octanol–water partition coefficient (Wildman–Crippen LogP) is 1.16. The zero-order valence-corrected chi connectivity index (χ0v) is 18.2. The van der Waals surface area contributed by atoms with Crippen LogP contribution in [0.15, 0.2) is 10.6 Å². The zero-order chi connectivity index (χ0) is 21.2. The Hall–Kier alpha value is -1.49. The van der Waals surface area contributed by atoms with Crippen LogP contribution in [0.3, 0.4) is 0 Å². The van der Waals surface area contributed by atoms with Gasteiger partial charge in [-0.15, -0.1) is 0 Å². The molecule has 2 N–H and O–H groups in total. The van der Waals surface area contributed by atoms with Crippen LogP contribution in [0, 0.1) is 0 Å². The number of nitrogens with one attached hydrogen (secondary N) is 1. The highest BCUT2D eigenvalue weighted by atomic mass is 32.2. The number of carbonyl (C=O) groups is 1. The molecule has 1 aromatic rings. The van der Waals surface area contributed by atoms with Gasteiger partial charge in [-0.2, -0.15) is 0 Å². The van der Waals surface area contributed by atoms with Gasteiger partial charge < -0.3 is 14.9 Å². The van der Waals surface area contributed by atoms with Gasteiger partial charge in [0.1, 0.15) is 5.76 Å². The molecule has 2 unspecified atom stereocenters. The number of carbonyl (C=O) groups excluding carboxylic acids is 1. The molecule has 0 aliphatic carbocycles. The van der Waals surface area contributed by atoms with Crippen molar-refractivity contribution in [3.05, 3.63) is 11.8 Å². The van der Waals surface area contributed by atoms with Gasteiger partial charge >= 0.3 is 0 Å². The van der Waals surface area contributed by atoms with E-state index in [0.29, 0.717) is 24.5 Å². The van der Waals surface area contributed by atoms with Crippen LogP contribution in [0.4, 0.5) is 5.82 Å². The van der Waals surface area contributed by atoms with Gasteiger partial charge in [0.05, 0.1) is 17.5 Å². The van der Waals surface area contributed by atoms with E-state index in [-0.39, 0.29) is 35.9 Å². The van der Waals surface area contributed by atoms with Crippen LogP contribution < -0.4 is 5.32 Å². The summed E-state index contributed by atoms with van der Waals surface area (Å²) in [5.41, 5.74) is -0.213. The van der Waals surface area contributed by atoms with Crippen molar-refractivity contribution in [1.29, 1.82) is 0 Å². The van der Waals surface area contributed by atoms with E-state index in [9.17, 15) is 18.3 Å². The summed E-state index contributed by atoms with van der Waals surface area (Å²) in [5.74, 6) is 0.874. The van der Waals surface area contributed by atoms with Crippen molar-refractivity contribution >= 4 is 21.6 Å². The van der Waals surface area contributed by atoms with Gasteiger partial charge in [-0.1, -0.05) is 38.8 Å². The van der Waals surface area contributed by atoms with Crippen molar-refractivity contribution in [2.75, 3.05) is 36.5 Å². The van der Waals surface area contributed by atoms with Crippen LogP contribution in [0.5, 0.6) is 0 Å². The number of amides is 1. The number of aromatic nitrogens is 1. The highest BCUT2D eigenvalue weighted by Crippen LogP contribution is 2.26. The summed E-state index contributed by atoms with van der Waals surface area (Å²) in [6.07, 6.45) is 2.40. The Morgan fingerprint density at radius 2 is 1.93 bits per heavy atom. The van der Waals surface area contributed by atoms with Crippen molar-refractivity contribution in [3.63, 3.8) is 0 Å². The summed E-state index contributed by atoms with van der Waals surface area (Å²) >= 11 is 0. The third-order valence-corrected chi connectivity index (χ3v) is 7.21. The number of anilines is 1. The Morgan fingerprint density at radius 1 is 1.24 bits per heavy atom. The second-order valence-corrected chi connectivity index (χ2v) is 11.3. The first-order valence-corrected chi connectivity index (χ1v) is 12.1. The fourth-order valence-electron chi connectivity index (χ4n) is 3.75. The van der Waals surface area contributed by atoms with Crippen LogP contribution in [-0.4, -0.2) is 77.9 Å². The van der Waals surface area contributed by atoms with Crippen LogP contribution in [0.1, 0.15) is 52.2 Å². The molecule has 9 nitrogen and oxygen atoms in total. The minimum absolute atomic E-state index is 0.0310. The number of sulfone groups is 1. The predicted molar refractivity (Wildman–Crippen MR) is 109 cm³/mol.